The molecule has 0 atom stereocenters. The molecule has 0 aliphatic carbocycles. The summed E-state index contributed by atoms with van der Waals surface area (Å²) in [6.45, 7) is 1.10. The van der Waals surface area contributed by atoms with Gasteiger partial charge in [-0.25, -0.2) is 4.39 Å². The Morgan fingerprint density at radius 3 is 2.85 bits per heavy atom. The Balaban J connectivity index is 1.52. The van der Waals surface area contributed by atoms with Crippen LogP contribution in [-0.2, 0) is 16.1 Å². The fraction of sp³-hybridized carbons (Fsp3) is 0.263. The normalized spacial score (nSPS) is 12.9. The van der Waals surface area contributed by atoms with Crippen LogP contribution >= 0.6 is 15.9 Å². The minimum Gasteiger partial charge on any atom is -0.490 e. The van der Waals surface area contributed by atoms with Gasteiger partial charge in [0.25, 0.3) is 0 Å². The molecule has 1 N–H and O–H groups in total. The molecule has 7 heteroatoms. The fourth-order valence-corrected chi connectivity index (χ4v) is 3.13. The minimum absolute atomic E-state index is 0.0747. The SMILES string of the molecule is O=C(CCC(=O)N1CCOc2ccccc21)NCc1cc(F)ccc1Br. The second kappa shape index (κ2) is 8.31. The molecule has 1 heterocycles. The van der Waals surface area contributed by atoms with Crippen molar-refractivity contribution in [1.82, 2.24) is 5.32 Å². The number of amides is 2. The van der Waals surface area contributed by atoms with E-state index in [1.165, 1.54) is 12.1 Å². The Kier molecular flexibility index (Phi) is 5.88. The van der Waals surface area contributed by atoms with E-state index >= 15 is 0 Å². The number of carbonyl (C=O) groups is 2. The Morgan fingerprint density at radius 2 is 2.00 bits per heavy atom. The smallest absolute Gasteiger partial charge is 0.227 e. The molecule has 0 fully saturated rings. The van der Waals surface area contributed by atoms with Gasteiger partial charge in [-0.2, -0.15) is 0 Å². The molecular formula is C19H18BrFN2O3. The second-order valence-electron chi connectivity index (χ2n) is 5.87. The van der Waals surface area contributed by atoms with Gasteiger partial charge in [-0.3, -0.25) is 9.59 Å². The summed E-state index contributed by atoms with van der Waals surface area (Å²) >= 11 is 3.32. The number of hydrogen-bond acceptors (Lipinski definition) is 3. The summed E-state index contributed by atoms with van der Waals surface area (Å²) in [5, 5.41) is 2.71. The van der Waals surface area contributed by atoms with Crippen molar-refractivity contribution in [3.8, 4) is 5.75 Å². The maximum Gasteiger partial charge on any atom is 0.227 e. The topological polar surface area (TPSA) is 58.6 Å². The van der Waals surface area contributed by atoms with Gasteiger partial charge < -0.3 is 15.0 Å². The lowest BCUT2D eigenvalue weighted by Crippen LogP contribution is -2.38. The Hall–Kier alpha value is -2.41. The second-order valence-corrected chi connectivity index (χ2v) is 6.73. The number of halogens is 2. The predicted octanol–water partition coefficient (Wildman–Crippen LogP) is 3.41. The highest BCUT2D eigenvalue weighted by atomic mass is 79.9. The van der Waals surface area contributed by atoms with E-state index in [-0.39, 0.29) is 37.0 Å². The van der Waals surface area contributed by atoms with E-state index in [2.05, 4.69) is 21.2 Å². The summed E-state index contributed by atoms with van der Waals surface area (Å²) in [6.07, 6.45) is 0.176. The number of nitrogens with one attached hydrogen (secondary N) is 1. The third-order valence-electron chi connectivity index (χ3n) is 4.08. The largest absolute Gasteiger partial charge is 0.490 e. The molecule has 2 amide bonds. The van der Waals surface area contributed by atoms with Gasteiger partial charge in [0.1, 0.15) is 18.2 Å². The van der Waals surface area contributed by atoms with E-state index in [4.69, 9.17) is 4.74 Å². The van der Waals surface area contributed by atoms with Crippen molar-refractivity contribution in [2.24, 2.45) is 0 Å². The molecule has 26 heavy (non-hydrogen) atoms. The summed E-state index contributed by atoms with van der Waals surface area (Å²) in [5.74, 6) is -0.0648. The minimum atomic E-state index is -0.362. The van der Waals surface area contributed by atoms with Crippen molar-refractivity contribution < 1.29 is 18.7 Å². The lowest BCUT2D eigenvalue weighted by Gasteiger charge is -2.29. The highest BCUT2D eigenvalue weighted by molar-refractivity contribution is 9.10. The monoisotopic (exact) mass is 420 g/mol. The Labute approximate surface area is 159 Å². The van der Waals surface area contributed by atoms with Crippen molar-refractivity contribution in [1.29, 1.82) is 0 Å². The van der Waals surface area contributed by atoms with E-state index in [0.29, 0.717) is 24.5 Å². The predicted molar refractivity (Wildman–Crippen MR) is 99.5 cm³/mol. The summed E-state index contributed by atoms with van der Waals surface area (Å²) < 4.78 is 19.5. The number of carbonyl (C=O) groups excluding carboxylic acids is 2. The number of nitrogens with zero attached hydrogens (tertiary/aromatic N) is 1. The van der Waals surface area contributed by atoms with E-state index in [1.807, 2.05) is 24.3 Å². The molecule has 0 aromatic heterocycles. The molecule has 0 radical (unpaired) electrons. The molecule has 1 aliphatic rings. The molecule has 0 spiro atoms. The fourth-order valence-electron chi connectivity index (χ4n) is 2.74. The van der Waals surface area contributed by atoms with Crippen LogP contribution in [0.25, 0.3) is 0 Å². The van der Waals surface area contributed by atoms with Crippen LogP contribution < -0.4 is 15.0 Å². The zero-order chi connectivity index (χ0) is 18.5. The van der Waals surface area contributed by atoms with Gasteiger partial charge in [0.15, 0.2) is 0 Å². The molecule has 0 unspecified atom stereocenters. The quantitative estimate of drug-likeness (QED) is 0.805. The van der Waals surface area contributed by atoms with Crippen molar-refractivity contribution in [2.75, 3.05) is 18.1 Å². The highest BCUT2D eigenvalue weighted by Gasteiger charge is 2.23. The average molecular weight is 421 g/mol. The summed E-state index contributed by atoms with van der Waals surface area (Å²) in [5.41, 5.74) is 1.37. The van der Waals surface area contributed by atoms with Crippen LogP contribution in [0.2, 0.25) is 0 Å². The maximum absolute atomic E-state index is 13.3. The number of fused-ring (bicyclic) bond motifs is 1. The van der Waals surface area contributed by atoms with Crippen molar-refractivity contribution in [3.63, 3.8) is 0 Å². The van der Waals surface area contributed by atoms with Crippen LogP contribution in [0.4, 0.5) is 10.1 Å². The Morgan fingerprint density at radius 1 is 1.19 bits per heavy atom. The molecule has 2 aromatic rings. The van der Waals surface area contributed by atoms with Gasteiger partial charge in [-0.1, -0.05) is 28.1 Å². The van der Waals surface area contributed by atoms with Crippen molar-refractivity contribution in [2.45, 2.75) is 19.4 Å². The van der Waals surface area contributed by atoms with Gasteiger partial charge in [0.05, 0.1) is 12.2 Å². The molecule has 2 aromatic carbocycles. The van der Waals surface area contributed by atoms with Crippen LogP contribution in [-0.4, -0.2) is 25.0 Å². The lowest BCUT2D eigenvalue weighted by molar-refractivity contribution is -0.125. The molecule has 0 saturated heterocycles. The summed E-state index contributed by atoms with van der Waals surface area (Å²) in [7, 11) is 0. The number of benzene rings is 2. The average Bonchev–Trinajstić information content (AvgIpc) is 2.66. The summed E-state index contributed by atoms with van der Waals surface area (Å²) in [6, 6.07) is 11.6. The number of anilines is 1. The van der Waals surface area contributed by atoms with Crippen LogP contribution in [0, 0.1) is 5.82 Å². The van der Waals surface area contributed by atoms with E-state index < -0.39 is 0 Å². The zero-order valence-electron chi connectivity index (χ0n) is 14.0. The molecule has 0 saturated carbocycles. The first-order valence-electron chi connectivity index (χ1n) is 8.27. The van der Waals surface area contributed by atoms with E-state index in [1.54, 1.807) is 11.0 Å². The van der Waals surface area contributed by atoms with Crippen LogP contribution in [0.3, 0.4) is 0 Å². The number of rotatable bonds is 5. The summed E-state index contributed by atoms with van der Waals surface area (Å²) in [4.78, 5) is 26.1. The van der Waals surface area contributed by atoms with Gasteiger partial charge in [-0.05, 0) is 35.9 Å². The molecular weight excluding hydrogens is 403 g/mol. The molecule has 5 nitrogen and oxygen atoms in total. The van der Waals surface area contributed by atoms with E-state index in [9.17, 15) is 14.0 Å². The van der Waals surface area contributed by atoms with Crippen LogP contribution in [0.1, 0.15) is 18.4 Å². The van der Waals surface area contributed by atoms with Crippen molar-refractivity contribution in [3.05, 3.63) is 58.3 Å². The highest BCUT2D eigenvalue weighted by Crippen LogP contribution is 2.31. The first-order valence-corrected chi connectivity index (χ1v) is 9.07. The number of hydrogen-bond donors (Lipinski definition) is 1. The molecule has 1 aliphatic heterocycles. The van der Waals surface area contributed by atoms with Gasteiger partial charge in [-0.15, -0.1) is 0 Å². The van der Waals surface area contributed by atoms with E-state index in [0.717, 1.165) is 10.2 Å². The number of para-hydroxylation sites is 2. The first-order chi connectivity index (χ1) is 12.5. The zero-order valence-corrected chi connectivity index (χ0v) is 15.6. The standard InChI is InChI=1S/C19H18BrFN2O3/c20-15-6-5-14(21)11-13(15)12-22-18(24)7-8-19(25)23-9-10-26-17-4-2-1-3-16(17)23/h1-6,11H,7-10,12H2,(H,22,24). The number of ether oxygens (including phenoxy) is 1. The lowest BCUT2D eigenvalue weighted by atomic mass is 10.2. The van der Waals surface area contributed by atoms with Crippen LogP contribution in [0.15, 0.2) is 46.9 Å². The van der Waals surface area contributed by atoms with Crippen LogP contribution in [0.5, 0.6) is 5.75 Å². The van der Waals surface area contributed by atoms with Crippen molar-refractivity contribution >= 4 is 33.4 Å². The molecule has 136 valence electrons. The maximum atomic E-state index is 13.3. The molecule has 3 rings (SSSR count). The van der Waals surface area contributed by atoms with Gasteiger partial charge in [0.2, 0.25) is 11.8 Å². The first kappa shape index (κ1) is 18.4. The Bertz CT molecular complexity index is 828. The molecule has 0 bridgehead atoms. The third kappa shape index (κ3) is 4.40. The third-order valence-corrected chi connectivity index (χ3v) is 4.85. The van der Waals surface area contributed by atoms with Gasteiger partial charge >= 0.3 is 0 Å². The van der Waals surface area contributed by atoms with Gasteiger partial charge in [0, 0.05) is 23.9 Å².